The first-order valence-electron chi connectivity index (χ1n) is 8.75. The summed E-state index contributed by atoms with van der Waals surface area (Å²) in [5, 5.41) is 0. The van der Waals surface area contributed by atoms with E-state index in [0.29, 0.717) is 11.5 Å². The van der Waals surface area contributed by atoms with Crippen molar-refractivity contribution in [2.45, 2.75) is 40.0 Å². The Morgan fingerprint density at radius 2 is 1.62 bits per heavy atom. The van der Waals surface area contributed by atoms with Crippen molar-refractivity contribution < 1.29 is 19.1 Å². The monoisotopic (exact) mass is 350 g/mol. The van der Waals surface area contributed by atoms with E-state index in [4.69, 9.17) is 9.47 Å². The Morgan fingerprint density at radius 1 is 0.962 bits per heavy atom. The minimum absolute atomic E-state index is 0.207. The Hall–Kier alpha value is -2.88. The molecule has 0 aromatic heterocycles. The normalized spacial score (nSPS) is 15.6. The van der Waals surface area contributed by atoms with E-state index < -0.39 is 0 Å². The maximum atomic E-state index is 11.3. The molecule has 4 nitrogen and oxygen atoms in total. The van der Waals surface area contributed by atoms with Gasteiger partial charge >= 0.3 is 11.9 Å². The molecule has 0 spiro atoms. The fourth-order valence-electron chi connectivity index (χ4n) is 3.66. The number of carbonyl (C=O) groups is 2. The fourth-order valence-corrected chi connectivity index (χ4v) is 3.66. The van der Waals surface area contributed by atoms with Gasteiger partial charge in [-0.15, -0.1) is 0 Å². The third kappa shape index (κ3) is 3.40. The highest BCUT2D eigenvalue weighted by Gasteiger charge is 2.29. The maximum absolute atomic E-state index is 11.3. The van der Waals surface area contributed by atoms with E-state index in [-0.39, 0.29) is 17.9 Å². The zero-order valence-electron chi connectivity index (χ0n) is 15.5. The number of hydrogen-bond donors (Lipinski definition) is 0. The van der Waals surface area contributed by atoms with Gasteiger partial charge in [0.15, 0.2) is 0 Å². The lowest BCUT2D eigenvalue weighted by atomic mass is 9.92. The molecule has 2 aromatic rings. The lowest BCUT2D eigenvalue weighted by molar-refractivity contribution is -0.132. The van der Waals surface area contributed by atoms with Crippen molar-refractivity contribution in [2.24, 2.45) is 0 Å². The zero-order chi connectivity index (χ0) is 18.8. The SMILES string of the molecule is CCC1=C(c2cccc(OC(C)=O)c2)[C@@H](C)c2ccc(OC(C)=O)cc21. The number of allylic oxidation sites excluding steroid dienone is 2. The molecule has 0 aliphatic heterocycles. The number of carbonyl (C=O) groups excluding carboxylic acids is 2. The number of rotatable bonds is 4. The number of fused-ring (bicyclic) bond motifs is 1. The molecule has 0 heterocycles. The fraction of sp³-hybridized carbons (Fsp3) is 0.273. The number of ether oxygens (including phenoxy) is 2. The van der Waals surface area contributed by atoms with Crippen LogP contribution in [0.15, 0.2) is 42.5 Å². The molecule has 1 aliphatic carbocycles. The van der Waals surface area contributed by atoms with Crippen LogP contribution in [-0.2, 0) is 9.59 Å². The molecule has 0 N–H and O–H groups in total. The molecule has 0 saturated heterocycles. The minimum Gasteiger partial charge on any atom is -0.427 e. The van der Waals surface area contributed by atoms with Crippen molar-refractivity contribution in [1.82, 2.24) is 0 Å². The van der Waals surface area contributed by atoms with Gasteiger partial charge in [-0.2, -0.15) is 0 Å². The summed E-state index contributed by atoms with van der Waals surface area (Å²) in [4.78, 5) is 22.5. The summed E-state index contributed by atoms with van der Waals surface area (Å²) < 4.78 is 10.5. The van der Waals surface area contributed by atoms with Crippen LogP contribution in [0.2, 0.25) is 0 Å². The highest BCUT2D eigenvalue weighted by atomic mass is 16.5. The van der Waals surface area contributed by atoms with Gasteiger partial charge in [0.1, 0.15) is 11.5 Å². The molecular formula is C22H22O4. The lowest BCUT2D eigenvalue weighted by Crippen LogP contribution is -2.02. The smallest absolute Gasteiger partial charge is 0.308 e. The summed E-state index contributed by atoms with van der Waals surface area (Å²) in [7, 11) is 0. The Bertz CT molecular complexity index is 908. The van der Waals surface area contributed by atoms with Gasteiger partial charge in [-0.05, 0) is 58.5 Å². The molecular weight excluding hydrogens is 328 g/mol. The molecule has 0 bridgehead atoms. The first-order valence-corrected chi connectivity index (χ1v) is 8.75. The summed E-state index contributed by atoms with van der Waals surface area (Å²) in [6, 6.07) is 13.4. The molecule has 26 heavy (non-hydrogen) atoms. The van der Waals surface area contributed by atoms with Crippen molar-refractivity contribution in [1.29, 1.82) is 0 Å². The first kappa shape index (κ1) is 17.9. The average Bonchev–Trinajstić information content (AvgIpc) is 2.85. The van der Waals surface area contributed by atoms with E-state index in [1.54, 1.807) is 6.07 Å². The summed E-state index contributed by atoms with van der Waals surface area (Å²) >= 11 is 0. The highest BCUT2D eigenvalue weighted by molar-refractivity contribution is 5.99. The standard InChI is InChI=1S/C22H22O4/c1-5-19-21-12-18(26-15(4)24)9-10-20(21)13(2)22(19)16-7-6-8-17(11-16)25-14(3)23/h6-13H,5H2,1-4H3/t13-/m0/s1. The predicted octanol–water partition coefficient (Wildman–Crippen LogP) is 4.98. The largest absolute Gasteiger partial charge is 0.427 e. The summed E-state index contributed by atoms with van der Waals surface area (Å²) in [6.07, 6.45) is 0.855. The van der Waals surface area contributed by atoms with Gasteiger partial charge in [0.05, 0.1) is 0 Å². The Balaban J connectivity index is 2.08. The molecule has 1 aliphatic rings. The van der Waals surface area contributed by atoms with Crippen molar-refractivity contribution >= 4 is 23.1 Å². The third-order valence-electron chi connectivity index (χ3n) is 4.60. The van der Waals surface area contributed by atoms with E-state index >= 15 is 0 Å². The van der Waals surface area contributed by atoms with Crippen molar-refractivity contribution in [2.75, 3.05) is 0 Å². The van der Waals surface area contributed by atoms with Crippen LogP contribution in [0.25, 0.3) is 11.1 Å². The van der Waals surface area contributed by atoms with Gasteiger partial charge in [0.2, 0.25) is 0 Å². The van der Waals surface area contributed by atoms with Crippen LogP contribution in [0, 0.1) is 0 Å². The van der Waals surface area contributed by atoms with Crippen LogP contribution in [0.3, 0.4) is 0 Å². The van der Waals surface area contributed by atoms with Crippen molar-refractivity contribution in [3.8, 4) is 11.5 Å². The van der Waals surface area contributed by atoms with Crippen LogP contribution < -0.4 is 9.47 Å². The van der Waals surface area contributed by atoms with E-state index in [2.05, 4.69) is 13.8 Å². The summed E-state index contributed by atoms with van der Waals surface area (Å²) in [5.74, 6) is 0.651. The molecule has 2 aromatic carbocycles. The number of esters is 2. The molecule has 0 fully saturated rings. The van der Waals surface area contributed by atoms with E-state index in [1.165, 1.54) is 30.6 Å². The number of hydrogen-bond acceptors (Lipinski definition) is 4. The zero-order valence-corrected chi connectivity index (χ0v) is 15.5. The van der Waals surface area contributed by atoms with Crippen LogP contribution >= 0.6 is 0 Å². The van der Waals surface area contributed by atoms with Crippen LogP contribution in [0.4, 0.5) is 0 Å². The summed E-state index contributed by atoms with van der Waals surface area (Å²) in [5.41, 5.74) is 5.81. The van der Waals surface area contributed by atoms with Gasteiger partial charge in [0, 0.05) is 19.8 Å². The van der Waals surface area contributed by atoms with E-state index in [9.17, 15) is 9.59 Å². The Morgan fingerprint density at radius 3 is 2.23 bits per heavy atom. The van der Waals surface area contributed by atoms with Crippen LogP contribution in [-0.4, -0.2) is 11.9 Å². The van der Waals surface area contributed by atoms with Gasteiger partial charge in [-0.25, -0.2) is 0 Å². The topological polar surface area (TPSA) is 52.6 Å². The van der Waals surface area contributed by atoms with Crippen molar-refractivity contribution in [3.05, 3.63) is 59.2 Å². The maximum Gasteiger partial charge on any atom is 0.308 e. The minimum atomic E-state index is -0.333. The summed E-state index contributed by atoms with van der Waals surface area (Å²) in [6.45, 7) is 7.08. The third-order valence-corrected chi connectivity index (χ3v) is 4.60. The molecule has 0 radical (unpaired) electrons. The second-order valence-electron chi connectivity index (χ2n) is 6.43. The van der Waals surface area contributed by atoms with E-state index in [0.717, 1.165) is 17.5 Å². The average molecular weight is 350 g/mol. The predicted molar refractivity (Wildman–Crippen MR) is 101 cm³/mol. The highest BCUT2D eigenvalue weighted by Crippen LogP contribution is 2.49. The second kappa shape index (κ2) is 7.16. The molecule has 0 amide bonds. The van der Waals surface area contributed by atoms with E-state index in [1.807, 2.05) is 36.4 Å². The Kier molecular flexibility index (Phi) is 4.94. The van der Waals surface area contributed by atoms with Crippen molar-refractivity contribution in [3.63, 3.8) is 0 Å². The number of benzene rings is 2. The molecule has 1 atom stereocenters. The van der Waals surface area contributed by atoms with Crippen LogP contribution in [0.1, 0.15) is 56.7 Å². The van der Waals surface area contributed by atoms with Gasteiger partial charge < -0.3 is 9.47 Å². The van der Waals surface area contributed by atoms with Gasteiger partial charge in [-0.1, -0.05) is 32.0 Å². The van der Waals surface area contributed by atoms with Gasteiger partial charge in [-0.3, -0.25) is 9.59 Å². The van der Waals surface area contributed by atoms with Crippen LogP contribution in [0.5, 0.6) is 11.5 Å². The lowest BCUT2D eigenvalue weighted by Gasteiger charge is -2.13. The molecule has 0 unspecified atom stereocenters. The molecule has 134 valence electrons. The molecule has 3 rings (SSSR count). The van der Waals surface area contributed by atoms with Gasteiger partial charge in [0.25, 0.3) is 0 Å². The molecule has 0 saturated carbocycles. The second-order valence-corrected chi connectivity index (χ2v) is 6.43. The Labute approximate surface area is 153 Å². The first-order chi connectivity index (χ1) is 12.4. The molecule has 4 heteroatoms. The quantitative estimate of drug-likeness (QED) is 0.577.